The highest BCUT2D eigenvalue weighted by Crippen LogP contribution is 2.29. The Kier molecular flexibility index (Phi) is 5.41. The zero-order valence-electron chi connectivity index (χ0n) is 14.7. The summed E-state index contributed by atoms with van der Waals surface area (Å²) in [7, 11) is 0. The van der Waals surface area contributed by atoms with Crippen LogP contribution >= 0.6 is 23.2 Å². The maximum Gasteiger partial charge on any atom is 0.147 e. The fourth-order valence-electron chi connectivity index (χ4n) is 3.27. The summed E-state index contributed by atoms with van der Waals surface area (Å²) in [6.07, 6.45) is 5.14. The average Bonchev–Trinajstić information content (AvgIpc) is 2.69. The summed E-state index contributed by atoms with van der Waals surface area (Å²) in [6, 6.07) is 11.6. The summed E-state index contributed by atoms with van der Waals surface area (Å²) in [5, 5.41) is 4.88. The Balaban J connectivity index is 1.44. The molecule has 1 aliphatic heterocycles. The summed E-state index contributed by atoms with van der Waals surface area (Å²) in [5.74, 6) is 1.72. The molecule has 3 heterocycles. The lowest BCUT2D eigenvalue weighted by Gasteiger charge is -2.30. The predicted octanol–water partition coefficient (Wildman–Crippen LogP) is 4.40. The fourth-order valence-corrected chi connectivity index (χ4v) is 3.64. The SMILES string of the molecule is Clc1ccc(CCNc2ncnc3c2CCN(c2ncccc2Cl)C3)cc1. The Hall–Kier alpha value is -2.37. The molecule has 138 valence electrons. The molecule has 0 aliphatic carbocycles. The van der Waals surface area contributed by atoms with E-state index in [1.54, 1.807) is 12.5 Å². The van der Waals surface area contributed by atoms with Gasteiger partial charge in [0.2, 0.25) is 0 Å². The Bertz CT molecular complexity index is 930. The lowest BCUT2D eigenvalue weighted by atomic mass is 10.1. The van der Waals surface area contributed by atoms with Crippen molar-refractivity contribution in [3.05, 3.63) is 75.8 Å². The summed E-state index contributed by atoms with van der Waals surface area (Å²) in [4.78, 5) is 15.5. The van der Waals surface area contributed by atoms with Gasteiger partial charge in [-0.25, -0.2) is 15.0 Å². The first kappa shape index (κ1) is 18.0. The molecule has 0 radical (unpaired) electrons. The van der Waals surface area contributed by atoms with Gasteiger partial charge in [-0.3, -0.25) is 0 Å². The highest BCUT2D eigenvalue weighted by molar-refractivity contribution is 6.32. The maximum absolute atomic E-state index is 6.29. The Morgan fingerprint density at radius 3 is 2.70 bits per heavy atom. The molecule has 1 N–H and O–H groups in total. The van der Waals surface area contributed by atoms with Gasteiger partial charge in [0.25, 0.3) is 0 Å². The van der Waals surface area contributed by atoms with E-state index in [1.807, 2.05) is 36.4 Å². The van der Waals surface area contributed by atoms with Gasteiger partial charge in [-0.1, -0.05) is 35.3 Å². The number of aromatic nitrogens is 3. The molecule has 4 rings (SSSR count). The van der Waals surface area contributed by atoms with Crippen LogP contribution in [0.25, 0.3) is 0 Å². The molecule has 0 bridgehead atoms. The van der Waals surface area contributed by atoms with Gasteiger partial charge in [0.05, 0.1) is 17.3 Å². The summed E-state index contributed by atoms with van der Waals surface area (Å²) >= 11 is 12.2. The van der Waals surface area contributed by atoms with Crippen molar-refractivity contribution in [3.63, 3.8) is 0 Å². The summed E-state index contributed by atoms with van der Waals surface area (Å²) in [5.41, 5.74) is 3.44. The van der Waals surface area contributed by atoms with Gasteiger partial charge in [-0.05, 0) is 42.7 Å². The first-order valence-corrected chi connectivity index (χ1v) is 9.63. The molecule has 27 heavy (non-hydrogen) atoms. The molecule has 5 nitrogen and oxygen atoms in total. The normalized spacial score (nSPS) is 13.3. The fraction of sp³-hybridized carbons (Fsp3) is 0.250. The maximum atomic E-state index is 6.29. The minimum Gasteiger partial charge on any atom is -0.369 e. The molecular formula is C20H19Cl2N5. The third-order valence-electron chi connectivity index (χ3n) is 4.66. The number of hydrogen-bond acceptors (Lipinski definition) is 5. The minimum atomic E-state index is 0.663. The number of nitrogens with zero attached hydrogens (tertiary/aromatic N) is 4. The quantitative estimate of drug-likeness (QED) is 0.688. The summed E-state index contributed by atoms with van der Waals surface area (Å²) < 4.78 is 0. The van der Waals surface area contributed by atoms with Gasteiger partial charge in [-0.2, -0.15) is 0 Å². The van der Waals surface area contributed by atoms with Crippen molar-refractivity contribution < 1.29 is 0 Å². The van der Waals surface area contributed by atoms with E-state index in [-0.39, 0.29) is 0 Å². The van der Waals surface area contributed by atoms with Crippen molar-refractivity contribution in [1.29, 1.82) is 0 Å². The van der Waals surface area contributed by atoms with Crippen LogP contribution in [0, 0.1) is 0 Å². The average molecular weight is 400 g/mol. The van der Waals surface area contributed by atoms with Crippen LogP contribution in [0.4, 0.5) is 11.6 Å². The molecule has 0 fully saturated rings. The second kappa shape index (κ2) is 8.11. The number of anilines is 2. The number of rotatable bonds is 5. The van der Waals surface area contributed by atoms with Crippen LogP contribution < -0.4 is 10.2 Å². The zero-order valence-corrected chi connectivity index (χ0v) is 16.2. The van der Waals surface area contributed by atoms with Gasteiger partial charge < -0.3 is 10.2 Å². The molecule has 3 aromatic rings. The molecule has 7 heteroatoms. The molecule has 0 amide bonds. The zero-order chi connectivity index (χ0) is 18.6. The molecule has 0 saturated heterocycles. The minimum absolute atomic E-state index is 0.663. The van der Waals surface area contributed by atoms with E-state index in [4.69, 9.17) is 23.2 Å². The van der Waals surface area contributed by atoms with Gasteiger partial charge >= 0.3 is 0 Å². The Morgan fingerprint density at radius 2 is 1.89 bits per heavy atom. The lowest BCUT2D eigenvalue weighted by Crippen LogP contribution is -2.32. The van der Waals surface area contributed by atoms with Crippen LogP contribution in [0.1, 0.15) is 16.8 Å². The van der Waals surface area contributed by atoms with E-state index in [2.05, 4.69) is 25.2 Å². The lowest BCUT2D eigenvalue weighted by molar-refractivity contribution is 0.695. The van der Waals surface area contributed by atoms with Gasteiger partial charge in [0, 0.05) is 29.9 Å². The number of benzene rings is 1. The third kappa shape index (κ3) is 4.15. The van der Waals surface area contributed by atoms with E-state index in [9.17, 15) is 0 Å². The number of fused-ring (bicyclic) bond motifs is 1. The van der Waals surface area contributed by atoms with Crippen LogP contribution in [0.2, 0.25) is 10.0 Å². The molecule has 1 aliphatic rings. The molecule has 0 unspecified atom stereocenters. The highest BCUT2D eigenvalue weighted by atomic mass is 35.5. The summed E-state index contributed by atoms with van der Waals surface area (Å²) in [6.45, 7) is 2.32. The van der Waals surface area contributed by atoms with E-state index >= 15 is 0 Å². The van der Waals surface area contributed by atoms with Crippen molar-refractivity contribution >= 4 is 34.8 Å². The van der Waals surface area contributed by atoms with Crippen LogP contribution in [0.3, 0.4) is 0 Å². The van der Waals surface area contributed by atoms with Crippen molar-refractivity contribution in [2.75, 3.05) is 23.3 Å². The van der Waals surface area contributed by atoms with Crippen LogP contribution in [0.5, 0.6) is 0 Å². The number of hydrogen-bond donors (Lipinski definition) is 1. The van der Waals surface area contributed by atoms with Crippen LogP contribution in [-0.4, -0.2) is 28.0 Å². The Morgan fingerprint density at radius 1 is 1.04 bits per heavy atom. The van der Waals surface area contributed by atoms with Crippen molar-refractivity contribution in [1.82, 2.24) is 15.0 Å². The van der Waals surface area contributed by atoms with E-state index in [0.717, 1.165) is 48.3 Å². The standard InChI is InChI=1S/C20H19Cl2N5/c21-15-5-3-14(4-6-15)7-10-23-19-16-8-11-27(12-18(16)25-13-26-19)20-17(22)2-1-9-24-20/h1-6,9,13H,7-8,10-12H2,(H,23,25,26). The molecule has 0 saturated carbocycles. The second-order valence-electron chi connectivity index (χ2n) is 6.43. The van der Waals surface area contributed by atoms with Gasteiger partial charge in [0.15, 0.2) is 0 Å². The monoisotopic (exact) mass is 399 g/mol. The second-order valence-corrected chi connectivity index (χ2v) is 7.27. The number of pyridine rings is 1. The Labute approximate surface area is 168 Å². The molecular weight excluding hydrogens is 381 g/mol. The smallest absolute Gasteiger partial charge is 0.147 e. The molecule has 0 spiro atoms. The third-order valence-corrected chi connectivity index (χ3v) is 5.21. The molecule has 0 atom stereocenters. The first-order chi connectivity index (χ1) is 13.2. The largest absolute Gasteiger partial charge is 0.369 e. The van der Waals surface area contributed by atoms with Crippen molar-refractivity contribution in [2.24, 2.45) is 0 Å². The first-order valence-electron chi connectivity index (χ1n) is 8.87. The predicted molar refractivity (Wildman–Crippen MR) is 110 cm³/mol. The highest BCUT2D eigenvalue weighted by Gasteiger charge is 2.22. The van der Waals surface area contributed by atoms with E-state index in [1.165, 1.54) is 11.1 Å². The van der Waals surface area contributed by atoms with Crippen molar-refractivity contribution in [2.45, 2.75) is 19.4 Å². The topological polar surface area (TPSA) is 53.9 Å². The molecule has 2 aromatic heterocycles. The van der Waals surface area contributed by atoms with Crippen molar-refractivity contribution in [3.8, 4) is 0 Å². The van der Waals surface area contributed by atoms with Crippen LogP contribution in [-0.2, 0) is 19.4 Å². The van der Waals surface area contributed by atoms with E-state index in [0.29, 0.717) is 11.6 Å². The molecule has 1 aromatic carbocycles. The van der Waals surface area contributed by atoms with E-state index < -0.39 is 0 Å². The van der Waals surface area contributed by atoms with Crippen LogP contribution in [0.15, 0.2) is 48.9 Å². The van der Waals surface area contributed by atoms with Gasteiger partial charge in [-0.15, -0.1) is 0 Å². The van der Waals surface area contributed by atoms with Gasteiger partial charge in [0.1, 0.15) is 18.0 Å². The number of nitrogens with one attached hydrogen (secondary N) is 1. The number of halogens is 2.